The van der Waals surface area contributed by atoms with Crippen LogP contribution in [0.25, 0.3) is 22.6 Å². The summed E-state index contributed by atoms with van der Waals surface area (Å²) in [6.07, 6.45) is 0.912. The molecule has 0 amide bonds. The number of H-pyrrole nitrogens is 3. The Morgan fingerprint density at radius 1 is 1.10 bits per heavy atom. The van der Waals surface area contributed by atoms with Crippen molar-refractivity contribution in [1.29, 1.82) is 0 Å². The molecular formula is C14H13N5O2. The summed E-state index contributed by atoms with van der Waals surface area (Å²) in [5.41, 5.74) is 3.01. The second-order valence-corrected chi connectivity index (χ2v) is 5.09. The number of fused-ring (bicyclic) bond motifs is 2. The van der Waals surface area contributed by atoms with Gasteiger partial charge in [-0.25, -0.2) is 9.78 Å². The lowest BCUT2D eigenvalue weighted by Crippen LogP contribution is -2.24. The Morgan fingerprint density at radius 3 is 2.90 bits per heavy atom. The quantitative estimate of drug-likeness (QED) is 0.513. The fourth-order valence-corrected chi connectivity index (χ4v) is 2.81. The molecule has 3 aromatic rings. The molecule has 2 aromatic heterocycles. The standard InChI is InChI=1S/C14H13N5O2/c20-13-10-12(18-14(21)19-13)17-11(16-10)9-3-1-2-7-6-15-5-4-8(7)9/h1-3,15H,4-6H2,(H3,16,17,18,19,20,21). The summed E-state index contributed by atoms with van der Waals surface area (Å²) in [6.45, 7) is 1.75. The van der Waals surface area contributed by atoms with E-state index in [2.05, 4.69) is 31.3 Å². The topological polar surface area (TPSA) is 106 Å². The predicted molar refractivity (Wildman–Crippen MR) is 78.2 cm³/mol. The van der Waals surface area contributed by atoms with Crippen molar-refractivity contribution in [2.45, 2.75) is 13.0 Å². The van der Waals surface area contributed by atoms with Crippen LogP contribution in [-0.2, 0) is 13.0 Å². The van der Waals surface area contributed by atoms with Gasteiger partial charge in [-0.1, -0.05) is 18.2 Å². The van der Waals surface area contributed by atoms with Crippen molar-refractivity contribution in [1.82, 2.24) is 25.3 Å². The fraction of sp³-hybridized carbons (Fsp3) is 0.214. The largest absolute Gasteiger partial charge is 0.332 e. The maximum atomic E-state index is 11.8. The Hall–Kier alpha value is -2.67. The molecule has 3 heterocycles. The molecule has 0 atom stereocenters. The number of hydrogen-bond donors (Lipinski definition) is 4. The van der Waals surface area contributed by atoms with Crippen molar-refractivity contribution < 1.29 is 0 Å². The van der Waals surface area contributed by atoms with E-state index < -0.39 is 11.2 Å². The lowest BCUT2D eigenvalue weighted by Gasteiger charge is -2.19. The number of nitrogens with one attached hydrogen (secondary N) is 4. The average molecular weight is 283 g/mol. The summed E-state index contributed by atoms with van der Waals surface area (Å²) < 4.78 is 0. The maximum absolute atomic E-state index is 11.8. The highest BCUT2D eigenvalue weighted by Gasteiger charge is 2.16. The highest BCUT2D eigenvalue weighted by Crippen LogP contribution is 2.26. The first-order valence-corrected chi connectivity index (χ1v) is 6.76. The highest BCUT2D eigenvalue weighted by molar-refractivity contribution is 5.76. The number of aromatic nitrogens is 4. The van der Waals surface area contributed by atoms with Crippen molar-refractivity contribution in [2.24, 2.45) is 0 Å². The number of imidazole rings is 1. The van der Waals surface area contributed by atoms with Crippen LogP contribution in [0, 0.1) is 0 Å². The molecule has 0 fully saturated rings. The van der Waals surface area contributed by atoms with Crippen LogP contribution in [0.15, 0.2) is 27.8 Å². The van der Waals surface area contributed by atoms with E-state index in [1.807, 2.05) is 12.1 Å². The molecule has 0 saturated heterocycles. The van der Waals surface area contributed by atoms with Crippen LogP contribution in [0.4, 0.5) is 0 Å². The lowest BCUT2D eigenvalue weighted by molar-refractivity contribution is 0.644. The third-order valence-corrected chi connectivity index (χ3v) is 3.79. The van der Waals surface area contributed by atoms with Crippen LogP contribution in [-0.4, -0.2) is 26.5 Å². The summed E-state index contributed by atoms with van der Waals surface area (Å²) >= 11 is 0. The highest BCUT2D eigenvalue weighted by atomic mass is 16.2. The van der Waals surface area contributed by atoms with E-state index in [1.54, 1.807) is 0 Å². The molecule has 4 rings (SSSR count). The van der Waals surface area contributed by atoms with Gasteiger partial charge in [0.15, 0.2) is 5.65 Å². The zero-order valence-corrected chi connectivity index (χ0v) is 11.1. The number of rotatable bonds is 1. The second kappa shape index (κ2) is 4.42. The van der Waals surface area contributed by atoms with E-state index in [0.717, 1.165) is 25.1 Å². The zero-order valence-electron chi connectivity index (χ0n) is 11.1. The Balaban J connectivity index is 1.97. The number of hydrogen-bond acceptors (Lipinski definition) is 4. The molecule has 0 bridgehead atoms. The minimum atomic E-state index is -0.551. The van der Waals surface area contributed by atoms with E-state index in [-0.39, 0.29) is 11.2 Å². The first-order chi connectivity index (χ1) is 10.2. The molecule has 0 spiro atoms. The normalized spacial score (nSPS) is 14.3. The van der Waals surface area contributed by atoms with Gasteiger partial charge in [0, 0.05) is 12.1 Å². The lowest BCUT2D eigenvalue weighted by atomic mass is 9.95. The van der Waals surface area contributed by atoms with Crippen molar-refractivity contribution in [3.63, 3.8) is 0 Å². The molecule has 4 N–H and O–H groups in total. The van der Waals surface area contributed by atoms with Crippen LogP contribution in [0.1, 0.15) is 11.1 Å². The third kappa shape index (κ3) is 1.90. The first-order valence-electron chi connectivity index (χ1n) is 6.76. The SMILES string of the molecule is O=c1[nH]c(=O)c2[nH]c(-c3cccc4c3CCNC4)nc2[nH]1. The molecular weight excluding hydrogens is 270 g/mol. The van der Waals surface area contributed by atoms with Crippen LogP contribution >= 0.6 is 0 Å². The molecule has 1 aliphatic rings. The monoisotopic (exact) mass is 283 g/mol. The smallest absolute Gasteiger partial charge is 0.327 e. The molecule has 7 nitrogen and oxygen atoms in total. The van der Waals surface area contributed by atoms with Gasteiger partial charge in [0.25, 0.3) is 5.56 Å². The van der Waals surface area contributed by atoms with Crippen molar-refractivity contribution in [3.8, 4) is 11.4 Å². The molecule has 0 saturated carbocycles. The van der Waals surface area contributed by atoms with Gasteiger partial charge in [-0.2, -0.15) is 0 Å². The molecule has 7 heteroatoms. The summed E-state index contributed by atoms with van der Waals surface area (Å²) in [5, 5.41) is 3.33. The van der Waals surface area contributed by atoms with Gasteiger partial charge in [0.05, 0.1) is 0 Å². The van der Waals surface area contributed by atoms with Gasteiger partial charge < -0.3 is 10.3 Å². The Labute approximate surface area is 118 Å². The van der Waals surface area contributed by atoms with Crippen LogP contribution < -0.4 is 16.6 Å². The predicted octanol–water partition coefficient (Wildman–Crippen LogP) is 0.252. The zero-order chi connectivity index (χ0) is 14.4. The second-order valence-electron chi connectivity index (χ2n) is 5.09. The van der Waals surface area contributed by atoms with E-state index in [1.165, 1.54) is 11.1 Å². The Morgan fingerprint density at radius 2 is 2.00 bits per heavy atom. The number of benzene rings is 1. The molecule has 0 radical (unpaired) electrons. The minimum absolute atomic E-state index is 0.283. The molecule has 1 aliphatic heterocycles. The van der Waals surface area contributed by atoms with Gasteiger partial charge >= 0.3 is 5.69 Å². The van der Waals surface area contributed by atoms with Gasteiger partial charge in [0.2, 0.25) is 0 Å². The Kier molecular flexibility index (Phi) is 2.55. The van der Waals surface area contributed by atoms with Crippen LogP contribution in [0.3, 0.4) is 0 Å². The molecule has 21 heavy (non-hydrogen) atoms. The third-order valence-electron chi connectivity index (χ3n) is 3.79. The average Bonchev–Trinajstić information content (AvgIpc) is 2.90. The summed E-state index contributed by atoms with van der Waals surface area (Å²) in [5.74, 6) is 0.608. The molecule has 1 aromatic carbocycles. The maximum Gasteiger partial charge on any atom is 0.327 e. The minimum Gasteiger partial charge on any atom is -0.332 e. The van der Waals surface area contributed by atoms with Gasteiger partial charge in [-0.3, -0.25) is 14.8 Å². The molecule has 106 valence electrons. The van der Waals surface area contributed by atoms with Crippen molar-refractivity contribution in [2.75, 3.05) is 6.54 Å². The first kappa shape index (κ1) is 12.1. The van der Waals surface area contributed by atoms with Gasteiger partial charge in [0.1, 0.15) is 11.3 Å². The molecule has 0 unspecified atom stereocenters. The van der Waals surface area contributed by atoms with Crippen LogP contribution in [0.2, 0.25) is 0 Å². The summed E-state index contributed by atoms with van der Waals surface area (Å²) in [7, 11) is 0. The number of aromatic amines is 3. The van der Waals surface area contributed by atoms with E-state index in [0.29, 0.717) is 5.82 Å². The number of nitrogens with zero attached hydrogens (tertiary/aromatic N) is 1. The van der Waals surface area contributed by atoms with Crippen LogP contribution in [0.5, 0.6) is 0 Å². The van der Waals surface area contributed by atoms with Crippen molar-refractivity contribution in [3.05, 3.63) is 50.2 Å². The summed E-state index contributed by atoms with van der Waals surface area (Å²) in [6, 6.07) is 6.04. The van der Waals surface area contributed by atoms with Gasteiger partial charge in [-0.05, 0) is 24.1 Å². The van der Waals surface area contributed by atoms with Crippen molar-refractivity contribution >= 4 is 11.2 Å². The van der Waals surface area contributed by atoms with Gasteiger partial charge in [-0.15, -0.1) is 0 Å². The van der Waals surface area contributed by atoms with E-state index in [9.17, 15) is 9.59 Å². The Bertz CT molecular complexity index is 950. The molecule has 0 aliphatic carbocycles. The summed E-state index contributed by atoms with van der Waals surface area (Å²) in [4.78, 5) is 35.2. The fourth-order valence-electron chi connectivity index (χ4n) is 2.81. The van der Waals surface area contributed by atoms with E-state index >= 15 is 0 Å². The van der Waals surface area contributed by atoms with E-state index in [4.69, 9.17) is 0 Å².